The molecule has 1 heterocycles. The molecule has 2 aromatic carbocycles. The van der Waals surface area contributed by atoms with Crippen LogP contribution in [0.4, 0.5) is 17.6 Å². The van der Waals surface area contributed by atoms with Gasteiger partial charge in [0.25, 0.3) is 0 Å². The lowest BCUT2D eigenvalue weighted by Gasteiger charge is -2.38. The van der Waals surface area contributed by atoms with Crippen LogP contribution < -0.4 is 0 Å². The van der Waals surface area contributed by atoms with Crippen LogP contribution in [0.2, 0.25) is 0 Å². The van der Waals surface area contributed by atoms with Gasteiger partial charge in [0.15, 0.2) is 5.60 Å². The molecule has 0 saturated carbocycles. The Morgan fingerprint density at radius 2 is 1.68 bits per heavy atom. The van der Waals surface area contributed by atoms with Crippen molar-refractivity contribution >= 4 is 10.9 Å². The number of rotatable bonds is 5. The Hall–Kier alpha value is -2.34. The van der Waals surface area contributed by atoms with E-state index in [-0.39, 0.29) is 0 Å². The van der Waals surface area contributed by atoms with Gasteiger partial charge in [0.2, 0.25) is 0 Å². The largest absolute Gasteiger partial charge is 0.417 e. The molecular formula is C22H23F4NO. The topological polar surface area (TPSA) is 36.0 Å². The van der Waals surface area contributed by atoms with Gasteiger partial charge in [-0.1, -0.05) is 44.2 Å². The summed E-state index contributed by atoms with van der Waals surface area (Å²) in [6.07, 6.45) is -6.04. The van der Waals surface area contributed by atoms with E-state index in [0.717, 1.165) is 10.9 Å². The number of hydrogen-bond donors (Lipinski definition) is 2. The number of H-pyrrole nitrogens is 1. The van der Waals surface area contributed by atoms with E-state index in [9.17, 15) is 22.7 Å². The van der Waals surface area contributed by atoms with Crippen LogP contribution in [-0.2, 0) is 11.8 Å². The van der Waals surface area contributed by atoms with Gasteiger partial charge in [-0.05, 0) is 48.1 Å². The summed E-state index contributed by atoms with van der Waals surface area (Å²) < 4.78 is 55.5. The maximum absolute atomic E-state index is 14.0. The van der Waals surface area contributed by atoms with Gasteiger partial charge in [0, 0.05) is 23.0 Å². The fourth-order valence-electron chi connectivity index (χ4n) is 3.81. The Bertz CT molecular complexity index is 990. The highest BCUT2D eigenvalue weighted by atomic mass is 19.4. The van der Waals surface area contributed by atoms with E-state index in [1.54, 1.807) is 39.0 Å². The number of para-hydroxylation sites is 1. The number of benzene rings is 2. The number of fused-ring (bicyclic) bond motifs is 1. The predicted octanol–water partition coefficient (Wildman–Crippen LogP) is 5.82. The number of aromatic amines is 1. The highest BCUT2D eigenvalue weighted by Gasteiger charge is 2.56. The number of halogens is 4. The van der Waals surface area contributed by atoms with Crippen molar-refractivity contribution in [2.75, 3.05) is 0 Å². The Morgan fingerprint density at radius 3 is 2.29 bits per heavy atom. The first-order chi connectivity index (χ1) is 12.9. The SMILES string of the molecule is Cc1c(CC(O)(CC(C)(C)c2cccc(F)c2)C(F)(F)F)[nH]c2ccccc12. The molecule has 3 aromatic rings. The second-order valence-electron chi connectivity index (χ2n) is 8.05. The molecule has 3 rings (SSSR count). The van der Waals surface area contributed by atoms with E-state index in [0.29, 0.717) is 16.8 Å². The van der Waals surface area contributed by atoms with E-state index in [1.807, 2.05) is 12.1 Å². The monoisotopic (exact) mass is 393 g/mol. The molecular weight excluding hydrogens is 370 g/mol. The third kappa shape index (κ3) is 3.78. The maximum Gasteiger partial charge on any atom is 0.417 e. The molecule has 150 valence electrons. The van der Waals surface area contributed by atoms with Crippen molar-refractivity contribution < 1.29 is 22.7 Å². The quantitative estimate of drug-likeness (QED) is 0.527. The van der Waals surface area contributed by atoms with Crippen LogP contribution in [0, 0.1) is 12.7 Å². The van der Waals surface area contributed by atoms with Crippen LogP contribution in [0.3, 0.4) is 0 Å². The van der Waals surface area contributed by atoms with Gasteiger partial charge in [0.05, 0.1) is 0 Å². The van der Waals surface area contributed by atoms with Crippen molar-refractivity contribution in [3.63, 3.8) is 0 Å². The van der Waals surface area contributed by atoms with Crippen molar-refractivity contribution in [2.24, 2.45) is 0 Å². The number of aryl methyl sites for hydroxylation is 1. The molecule has 1 atom stereocenters. The molecule has 0 bridgehead atoms. The van der Waals surface area contributed by atoms with Crippen molar-refractivity contribution in [2.45, 2.75) is 50.8 Å². The zero-order valence-electron chi connectivity index (χ0n) is 16.0. The van der Waals surface area contributed by atoms with Crippen LogP contribution >= 0.6 is 0 Å². The molecule has 0 aliphatic rings. The summed E-state index contributed by atoms with van der Waals surface area (Å²) in [7, 11) is 0. The number of nitrogens with one attached hydrogen (secondary N) is 1. The lowest BCUT2D eigenvalue weighted by molar-refractivity contribution is -0.266. The molecule has 6 heteroatoms. The second-order valence-corrected chi connectivity index (χ2v) is 8.05. The highest BCUT2D eigenvalue weighted by Crippen LogP contribution is 2.43. The van der Waals surface area contributed by atoms with Gasteiger partial charge < -0.3 is 10.1 Å². The van der Waals surface area contributed by atoms with Crippen molar-refractivity contribution in [1.29, 1.82) is 0 Å². The average molecular weight is 393 g/mol. The lowest BCUT2D eigenvalue weighted by atomic mass is 9.73. The fourth-order valence-corrected chi connectivity index (χ4v) is 3.81. The molecule has 0 aliphatic heterocycles. The first-order valence-electron chi connectivity index (χ1n) is 9.04. The lowest BCUT2D eigenvalue weighted by Crippen LogP contribution is -2.51. The number of aliphatic hydroxyl groups is 1. The van der Waals surface area contributed by atoms with Crippen LogP contribution in [0.15, 0.2) is 48.5 Å². The standard InChI is InChI=1S/C22H23F4NO/c1-14-17-9-4-5-10-18(17)27-19(14)12-21(28,22(24,25)26)13-20(2,3)15-7-6-8-16(23)11-15/h4-11,27-28H,12-13H2,1-3H3. The molecule has 0 spiro atoms. The molecule has 0 aliphatic carbocycles. The fraction of sp³-hybridized carbons (Fsp3) is 0.364. The Morgan fingerprint density at radius 1 is 1.00 bits per heavy atom. The van der Waals surface area contributed by atoms with Crippen molar-refractivity contribution in [1.82, 2.24) is 4.98 Å². The smallest absolute Gasteiger partial charge is 0.380 e. The van der Waals surface area contributed by atoms with Crippen LogP contribution in [0.5, 0.6) is 0 Å². The normalized spacial score (nSPS) is 15.0. The van der Waals surface area contributed by atoms with Gasteiger partial charge in [-0.3, -0.25) is 0 Å². The Labute approximate surface area is 161 Å². The highest BCUT2D eigenvalue weighted by molar-refractivity contribution is 5.84. The first-order valence-corrected chi connectivity index (χ1v) is 9.04. The summed E-state index contributed by atoms with van der Waals surface area (Å²) in [6, 6.07) is 12.7. The predicted molar refractivity (Wildman–Crippen MR) is 102 cm³/mol. The van der Waals surface area contributed by atoms with Crippen LogP contribution in [-0.4, -0.2) is 21.9 Å². The zero-order chi connectivity index (χ0) is 20.7. The molecule has 2 nitrogen and oxygen atoms in total. The molecule has 1 unspecified atom stereocenters. The van der Waals surface area contributed by atoms with Crippen LogP contribution in [0.25, 0.3) is 10.9 Å². The van der Waals surface area contributed by atoms with Gasteiger partial charge >= 0.3 is 6.18 Å². The molecule has 2 N–H and O–H groups in total. The summed E-state index contributed by atoms with van der Waals surface area (Å²) in [5.74, 6) is -0.521. The molecule has 1 aromatic heterocycles. The maximum atomic E-state index is 14.0. The summed E-state index contributed by atoms with van der Waals surface area (Å²) in [5, 5.41) is 11.6. The minimum absolute atomic E-state index is 0.344. The van der Waals surface area contributed by atoms with Gasteiger partial charge in [-0.25, -0.2) is 4.39 Å². The molecule has 0 saturated heterocycles. The number of aromatic nitrogens is 1. The van der Waals surface area contributed by atoms with E-state index < -0.39 is 35.9 Å². The third-order valence-corrected chi connectivity index (χ3v) is 5.41. The summed E-state index contributed by atoms with van der Waals surface area (Å²) in [6.45, 7) is 4.90. The Kier molecular flexibility index (Phi) is 5.04. The second kappa shape index (κ2) is 6.92. The average Bonchev–Trinajstić information content (AvgIpc) is 2.89. The third-order valence-electron chi connectivity index (χ3n) is 5.41. The first kappa shape index (κ1) is 20.4. The van der Waals surface area contributed by atoms with E-state index in [4.69, 9.17) is 0 Å². The van der Waals surface area contributed by atoms with Gasteiger partial charge in [-0.2, -0.15) is 13.2 Å². The summed E-state index contributed by atoms with van der Waals surface area (Å²) in [5.41, 5.74) is -1.90. The van der Waals surface area contributed by atoms with E-state index >= 15 is 0 Å². The van der Waals surface area contributed by atoms with E-state index in [2.05, 4.69) is 4.98 Å². The van der Waals surface area contributed by atoms with Gasteiger partial charge in [0.1, 0.15) is 5.82 Å². The van der Waals surface area contributed by atoms with E-state index in [1.165, 1.54) is 18.2 Å². The zero-order valence-corrected chi connectivity index (χ0v) is 16.0. The molecule has 0 radical (unpaired) electrons. The minimum atomic E-state index is -4.85. The molecule has 0 amide bonds. The van der Waals surface area contributed by atoms with Crippen LogP contribution in [0.1, 0.15) is 37.1 Å². The minimum Gasteiger partial charge on any atom is -0.380 e. The number of hydrogen-bond acceptors (Lipinski definition) is 1. The van der Waals surface area contributed by atoms with Crippen molar-refractivity contribution in [3.05, 3.63) is 71.2 Å². The Balaban J connectivity index is 1.99. The molecule has 28 heavy (non-hydrogen) atoms. The number of alkyl halides is 3. The van der Waals surface area contributed by atoms with Gasteiger partial charge in [-0.15, -0.1) is 0 Å². The van der Waals surface area contributed by atoms with Crippen molar-refractivity contribution in [3.8, 4) is 0 Å². The molecule has 0 fully saturated rings. The summed E-state index contributed by atoms with van der Waals surface area (Å²) >= 11 is 0. The summed E-state index contributed by atoms with van der Waals surface area (Å²) in [4.78, 5) is 3.01.